The minimum Gasteiger partial charge on any atom is -0.457 e. The molecule has 0 aliphatic heterocycles. The number of ether oxygens (including phenoxy) is 2. The van der Waals surface area contributed by atoms with Crippen molar-refractivity contribution in [3.63, 3.8) is 0 Å². The van der Waals surface area contributed by atoms with Crippen LogP contribution < -0.4 is 5.32 Å². The molecule has 1 amide bonds. The van der Waals surface area contributed by atoms with Gasteiger partial charge in [-0.05, 0) is 51.5 Å². The van der Waals surface area contributed by atoms with Crippen molar-refractivity contribution in [2.45, 2.75) is 45.6 Å². The molecule has 0 heterocycles. The number of alkyl carbamates (subject to hydrolysis) is 1. The molecule has 1 atom stereocenters. The first kappa shape index (κ1) is 21.5. The van der Waals surface area contributed by atoms with Gasteiger partial charge in [0.05, 0.1) is 5.56 Å². The molecule has 0 radical (unpaired) electrons. The number of hydrogen-bond donors (Lipinski definition) is 1. The Kier molecular flexibility index (Phi) is 7.23. The number of halogens is 3. The predicted molar refractivity (Wildman–Crippen MR) is 90.3 cm³/mol. The second-order valence-electron chi connectivity index (χ2n) is 6.53. The molecule has 0 spiro atoms. The van der Waals surface area contributed by atoms with Gasteiger partial charge in [0.2, 0.25) is 0 Å². The van der Waals surface area contributed by atoms with Gasteiger partial charge in [-0.25, -0.2) is 4.79 Å². The van der Waals surface area contributed by atoms with Gasteiger partial charge in [0.1, 0.15) is 18.2 Å². The molecule has 0 unspecified atom stereocenters. The summed E-state index contributed by atoms with van der Waals surface area (Å²) in [6.45, 7) is 6.32. The van der Waals surface area contributed by atoms with E-state index in [9.17, 15) is 22.8 Å². The largest absolute Gasteiger partial charge is 0.457 e. The minimum atomic E-state index is -4.38. The highest BCUT2D eigenvalue weighted by molar-refractivity contribution is 5.78. The molecule has 1 aromatic carbocycles. The van der Waals surface area contributed by atoms with Crippen LogP contribution in [0.3, 0.4) is 0 Å². The average Bonchev–Trinajstić information content (AvgIpc) is 2.49. The van der Waals surface area contributed by atoms with Crippen molar-refractivity contribution in [2.24, 2.45) is 0 Å². The third kappa shape index (κ3) is 8.55. The molecule has 0 bridgehead atoms. The van der Waals surface area contributed by atoms with E-state index in [2.05, 4.69) is 5.32 Å². The van der Waals surface area contributed by atoms with Crippen molar-refractivity contribution in [1.29, 1.82) is 0 Å². The van der Waals surface area contributed by atoms with Gasteiger partial charge < -0.3 is 14.8 Å². The Labute approximate surface area is 150 Å². The first-order chi connectivity index (χ1) is 11.9. The summed E-state index contributed by atoms with van der Waals surface area (Å²) in [4.78, 5) is 23.1. The number of alkyl halides is 3. The van der Waals surface area contributed by atoms with Crippen molar-refractivity contribution in [1.82, 2.24) is 5.32 Å². The van der Waals surface area contributed by atoms with Gasteiger partial charge in [-0.2, -0.15) is 13.2 Å². The number of carbonyl (C=O) groups is 2. The number of esters is 1. The third-order valence-corrected chi connectivity index (χ3v) is 2.89. The summed E-state index contributed by atoms with van der Waals surface area (Å²) in [6, 6.07) is 4.58. The van der Waals surface area contributed by atoms with Crippen molar-refractivity contribution in [3.05, 3.63) is 41.5 Å². The molecule has 8 heteroatoms. The maximum Gasteiger partial charge on any atom is 0.416 e. The normalized spacial score (nSPS) is 13.3. The smallest absolute Gasteiger partial charge is 0.416 e. The van der Waals surface area contributed by atoms with E-state index in [0.717, 1.165) is 12.1 Å². The molecule has 0 saturated heterocycles. The van der Waals surface area contributed by atoms with Crippen LogP contribution in [-0.2, 0) is 20.4 Å². The number of rotatable bonds is 5. The zero-order chi connectivity index (χ0) is 20.0. The molecule has 0 saturated carbocycles. The third-order valence-electron chi connectivity index (χ3n) is 2.89. The van der Waals surface area contributed by atoms with E-state index in [1.807, 2.05) is 0 Å². The van der Waals surface area contributed by atoms with Crippen molar-refractivity contribution in [3.8, 4) is 0 Å². The fraction of sp³-hybridized carbons (Fsp3) is 0.444. The molecular formula is C18H22F3NO4. The first-order valence-electron chi connectivity index (χ1n) is 7.88. The molecule has 1 rings (SSSR count). The standard InChI is InChI=1S/C18H22F3NO4/c1-12(25-15(23)11-22-16(24)26-17(2,3)4)5-6-13-7-9-14(10-8-13)18(19,20)21/h5-10,12H,11H2,1-4H3,(H,22,24)/b6-5+/t12-/m0/s1. The van der Waals surface area contributed by atoms with Crippen molar-refractivity contribution < 1.29 is 32.2 Å². The van der Waals surface area contributed by atoms with Gasteiger partial charge in [0, 0.05) is 0 Å². The van der Waals surface area contributed by atoms with Crippen LogP contribution in [0.2, 0.25) is 0 Å². The number of nitrogens with one attached hydrogen (secondary N) is 1. The zero-order valence-corrected chi connectivity index (χ0v) is 15.0. The molecule has 0 aromatic heterocycles. The summed E-state index contributed by atoms with van der Waals surface area (Å²) in [5, 5.41) is 2.27. The Morgan fingerprint density at radius 3 is 2.23 bits per heavy atom. The first-order valence-corrected chi connectivity index (χ1v) is 7.88. The lowest BCUT2D eigenvalue weighted by molar-refractivity contribution is -0.145. The van der Waals surface area contributed by atoms with E-state index in [-0.39, 0.29) is 6.54 Å². The van der Waals surface area contributed by atoms with Crippen LogP contribution in [0.25, 0.3) is 6.08 Å². The summed E-state index contributed by atoms with van der Waals surface area (Å²) in [5.74, 6) is -0.666. The summed E-state index contributed by atoms with van der Waals surface area (Å²) >= 11 is 0. The molecule has 1 aromatic rings. The lowest BCUT2D eigenvalue weighted by Crippen LogP contribution is -2.36. The van der Waals surface area contributed by atoms with Gasteiger partial charge in [-0.1, -0.05) is 18.2 Å². The Morgan fingerprint density at radius 2 is 1.73 bits per heavy atom. The molecule has 0 aliphatic carbocycles. The predicted octanol–water partition coefficient (Wildman–Crippen LogP) is 4.18. The van der Waals surface area contributed by atoms with Crippen LogP contribution in [-0.4, -0.2) is 30.3 Å². The Morgan fingerprint density at radius 1 is 1.15 bits per heavy atom. The van der Waals surface area contributed by atoms with Gasteiger partial charge in [0.15, 0.2) is 0 Å². The highest BCUT2D eigenvalue weighted by atomic mass is 19.4. The van der Waals surface area contributed by atoms with Crippen LogP contribution in [0.5, 0.6) is 0 Å². The Hall–Kier alpha value is -2.51. The van der Waals surface area contributed by atoms with E-state index in [0.29, 0.717) is 5.56 Å². The molecule has 26 heavy (non-hydrogen) atoms. The average molecular weight is 373 g/mol. The van der Waals surface area contributed by atoms with Gasteiger partial charge in [0.25, 0.3) is 0 Å². The van der Waals surface area contributed by atoms with Gasteiger partial charge in [-0.3, -0.25) is 4.79 Å². The van der Waals surface area contributed by atoms with E-state index < -0.39 is 35.5 Å². The van der Waals surface area contributed by atoms with Crippen LogP contribution in [0.1, 0.15) is 38.8 Å². The summed E-state index contributed by atoms with van der Waals surface area (Å²) < 4.78 is 47.5. The maximum absolute atomic E-state index is 12.5. The second kappa shape index (κ2) is 8.73. The summed E-state index contributed by atoms with van der Waals surface area (Å²) in [6.07, 6.45) is -2.67. The quantitative estimate of drug-likeness (QED) is 0.787. The molecular weight excluding hydrogens is 351 g/mol. The van der Waals surface area contributed by atoms with E-state index in [4.69, 9.17) is 9.47 Å². The Bertz CT molecular complexity index is 646. The van der Waals surface area contributed by atoms with Crippen molar-refractivity contribution >= 4 is 18.1 Å². The monoisotopic (exact) mass is 373 g/mol. The number of hydrogen-bond acceptors (Lipinski definition) is 4. The van der Waals surface area contributed by atoms with Crippen LogP contribution >= 0.6 is 0 Å². The SMILES string of the molecule is C[C@@H](/C=C/c1ccc(C(F)(F)F)cc1)OC(=O)CNC(=O)OC(C)(C)C. The highest BCUT2D eigenvalue weighted by Crippen LogP contribution is 2.29. The molecule has 144 valence electrons. The minimum absolute atomic E-state index is 0.354. The van der Waals surface area contributed by atoms with Gasteiger partial charge >= 0.3 is 18.2 Å². The van der Waals surface area contributed by atoms with Crippen molar-refractivity contribution in [2.75, 3.05) is 6.54 Å². The summed E-state index contributed by atoms with van der Waals surface area (Å²) in [5.41, 5.74) is -0.874. The highest BCUT2D eigenvalue weighted by Gasteiger charge is 2.29. The van der Waals surface area contributed by atoms with Crippen LogP contribution in [0.15, 0.2) is 30.3 Å². The van der Waals surface area contributed by atoms with E-state index in [1.54, 1.807) is 33.8 Å². The lowest BCUT2D eigenvalue weighted by Gasteiger charge is -2.19. The topological polar surface area (TPSA) is 64.6 Å². The molecule has 0 fully saturated rings. The zero-order valence-electron chi connectivity index (χ0n) is 15.0. The second-order valence-corrected chi connectivity index (χ2v) is 6.53. The van der Waals surface area contributed by atoms with E-state index in [1.165, 1.54) is 18.2 Å². The van der Waals surface area contributed by atoms with E-state index >= 15 is 0 Å². The van der Waals surface area contributed by atoms with Crippen LogP contribution in [0.4, 0.5) is 18.0 Å². The molecule has 5 nitrogen and oxygen atoms in total. The molecule has 1 N–H and O–H groups in total. The lowest BCUT2D eigenvalue weighted by atomic mass is 10.1. The number of amides is 1. The van der Waals surface area contributed by atoms with Gasteiger partial charge in [-0.15, -0.1) is 0 Å². The Balaban J connectivity index is 2.45. The fourth-order valence-electron chi connectivity index (χ4n) is 1.78. The summed E-state index contributed by atoms with van der Waals surface area (Å²) in [7, 11) is 0. The van der Waals surface area contributed by atoms with Crippen LogP contribution in [0, 0.1) is 0 Å². The number of benzene rings is 1. The molecule has 0 aliphatic rings. The number of carbonyl (C=O) groups excluding carboxylic acids is 2. The maximum atomic E-state index is 12.5. The fourth-order valence-corrected chi connectivity index (χ4v) is 1.78.